The summed E-state index contributed by atoms with van der Waals surface area (Å²) in [5.41, 5.74) is 1.39. The number of rotatable bonds is 7. The van der Waals surface area contributed by atoms with Crippen LogP contribution in [-0.2, 0) is 6.54 Å². The van der Waals surface area contributed by atoms with E-state index < -0.39 is 0 Å². The van der Waals surface area contributed by atoms with Crippen LogP contribution >= 0.6 is 0 Å². The van der Waals surface area contributed by atoms with Gasteiger partial charge < -0.3 is 10.2 Å². The van der Waals surface area contributed by atoms with Gasteiger partial charge >= 0.3 is 0 Å². The zero-order valence-electron chi connectivity index (χ0n) is 15.2. The van der Waals surface area contributed by atoms with Crippen molar-refractivity contribution in [2.45, 2.75) is 20.4 Å². The minimum Gasteiger partial charge on any atom is -0.311 e. The highest BCUT2D eigenvalue weighted by molar-refractivity contribution is 6.23. The summed E-state index contributed by atoms with van der Waals surface area (Å²) in [7, 11) is 0. The average molecular weight is 330 g/mol. The van der Waals surface area contributed by atoms with Gasteiger partial charge in [-0.25, -0.2) is 0 Å². The van der Waals surface area contributed by atoms with Crippen LogP contribution in [0.4, 0.5) is 0 Å². The second-order valence-electron chi connectivity index (χ2n) is 6.78. The average Bonchev–Trinajstić information content (AvgIpc) is 2.67. The highest BCUT2D eigenvalue weighted by Gasteiger charge is 2.10. The monoisotopic (exact) mass is 330 g/mol. The van der Waals surface area contributed by atoms with Crippen LogP contribution in [0.3, 0.4) is 0 Å². The van der Waals surface area contributed by atoms with Gasteiger partial charge in [-0.05, 0) is 51.0 Å². The molecule has 0 aliphatic rings. The fourth-order valence-electron chi connectivity index (χ4n) is 3.95. The van der Waals surface area contributed by atoms with Crippen LogP contribution in [0.5, 0.6) is 0 Å². The molecule has 0 saturated heterocycles. The second-order valence-corrected chi connectivity index (χ2v) is 6.78. The van der Waals surface area contributed by atoms with E-state index in [1.54, 1.807) is 0 Å². The molecule has 1 N–H and O–H groups in total. The quantitative estimate of drug-likeness (QED) is 0.378. The first-order valence-corrected chi connectivity index (χ1v) is 9.40. The lowest BCUT2D eigenvalue weighted by Gasteiger charge is -2.18. The van der Waals surface area contributed by atoms with E-state index in [2.05, 4.69) is 78.7 Å². The Morgan fingerprint density at radius 3 is 2.12 bits per heavy atom. The Kier molecular flexibility index (Phi) is 4.56. The topological polar surface area (TPSA) is 15.3 Å². The summed E-state index contributed by atoms with van der Waals surface area (Å²) in [5.74, 6) is 0. The van der Waals surface area contributed by atoms with Crippen LogP contribution in [-0.4, -0.2) is 31.1 Å². The molecule has 0 heterocycles. The Labute approximate surface area is 149 Å². The molecular formula is C23H26N2. The summed E-state index contributed by atoms with van der Waals surface area (Å²) in [6.07, 6.45) is 0. The molecule has 0 unspecified atom stereocenters. The van der Waals surface area contributed by atoms with E-state index in [1.165, 1.54) is 37.9 Å². The molecule has 4 aromatic carbocycles. The first kappa shape index (κ1) is 16.3. The predicted octanol–water partition coefficient (Wildman–Crippen LogP) is 5.02. The smallest absolute Gasteiger partial charge is 0.0212 e. The summed E-state index contributed by atoms with van der Waals surface area (Å²) in [5, 5.41) is 11.9. The third-order valence-electron chi connectivity index (χ3n) is 5.43. The molecule has 128 valence electrons. The van der Waals surface area contributed by atoms with Crippen LogP contribution in [0, 0.1) is 0 Å². The SMILES string of the molecule is CCN(CC)CCNCc1ccc2ccc3cccc4ccc1c2c34. The lowest BCUT2D eigenvalue weighted by Crippen LogP contribution is -2.31. The van der Waals surface area contributed by atoms with E-state index in [-0.39, 0.29) is 0 Å². The largest absolute Gasteiger partial charge is 0.311 e. The van der Waals surface area contributed by atoms with E-state index in [4.69, 9.17) is 0 Å². The molecule has 25 heavy (non-hydrogen) atoms. The Balaban J connectivity index is 1.66. The van der Waals surface area contributed by atoms with Crippen LogP contribution in [0.1, 0.15) is 19.4 Å². The Bertz CT molecular complexity index is 970. The number of likely N-dealkylation sites (N-methyl/N-ethyl adjacent to an activating group) is 1. The van der Waals surface area contributed by atoms with E-state index in [9.17, 15) is 0 Å². The molecule has 0 spiro atoms. The van der Waals surface area contributed by atoms with Gasteiger partial charge in [0.15, 0.2) is 0 Å². The van der Waals surface area contributed by atoms with Crippen LogP contribution in [0.2, 0.25) is 0 Å². The minimum absolute atomic E-state index is 0.926. The molecule has 2 nitrogen and oxygen atoms in total. The van der Waals surface area contributed by atoms with Crippen molar-refractivity contribution in [2.24, 2.45) is 0 Å². The van der Waals surface area contributed by atoms with Crippen molar-refractivity contribution < 1.29 is 0 Å². The zero-order chi connectivity index (χ0) is 17.2. The first-order chi connectivity index (χ1) is 12.3. The summed E-state index contributed by atoms with van der Waals surface area (Å²) in [6, 6.07) is 20.2. The molecule has 0 fully saturated rings. The van der Waals surface area contributed by atoms with Gasteiger partial charge in [0.05, 0.1) is 0 Å². The Hall–Kier alpha value is -2.16. The third kappa shape index (κ3) is 2.97. The number of nitrogens with zero attached hydrogens (tertiary/aromatic N) is 1. The van der Waals surface area contributed by atoms with Gasteiger partial charge in [0, 0.05) is 19.6 Å². The van der Waals surface area contributed by atoms with Gasteiger partial charge in [-0.3, -0.25) is 0 Å². The fourth-order valence-corrected chi connectivity index (χ4v) is 3.95. The second kappa shape index (κ2) is 6.99. The molecule has 0 atom stereocenters. The highest BCUT2D eigenvalue weighted by Crippen LogP contribution is 2.35. The molecule has 2 heteroatoms. The number of nitrogens with one attached hydrogen (secondary N) is 1. The van der Waals surface area contributed by atoms with Crippen molar-refractivity contribution in [3.8, 4) is 0 Å². The van der Waals surface area contributed by atoms with Crippen molar-refractivity contribution in [2.75, 3.05) is 26.2 Å². The molecule has 4 rings (SSSR count). The highest BCUT2D eigenvalue weighted by atomic mass is 15.1. The first-order valence-electron chi connectivity index (χ1n) is 9.40. The maximum absolute atomic E-state index is 3.63. The summed E-state index contributed by atoms with van der Waals surface area (Å²) in [6.45, 7) is 9.76. The van der Waals surface area contributed by atoms with Gasteiger partial charge in [-0.2, -0.15) is 0 Å². The number of benzene rings is 4. The lowest BCUT2D eigenvalue weighted by atomic mass is 9.92. The van der Waals surface area contributed by atoms with E-state index in [0.717, 1.165) is 32.7 Å². The maximum atomic E-state index is 3.63. The van der Waals surface area contributed by atoms with Crippen LogP contribution in [0.25, 0.3) is 32.3 Å². The molecule has 0 saturated carbocycles. The van der Waals surface area contributed by atoms with Crippen molar-refractivity contribution in [3.63, 3.8) is 0 Å². The molecule has 0 amide bonds. The molecule has 0 aliphatic carbocycles. The normalized spacial score (nSPS) is 12.1. The molecule has 0 radical (unpaired) electrons. The lowest BCUT2D eigenvalue weighted by molar-refractivity contribution is 0.302. The van der Waals surface area contributed by atoms with Gasteiger partial charge in [0.1, 0.15) is 0 Å². The van der Waals surface area contributed by atoms with Gasteiger partial charge in [0.2, 0.25) is 0 Å². The predicted molar refractivity (Wildman–Crippen MR) is 110 cm³/mol. The standard InChI is InChI=1S/C23H26N2/c1-3-25(4-2)15-14-24-16-20-11-10-19-9-8-17-6-5-7-18-12-13-21(20)23(19)22(17)18/h5-13,24H,3-4,14-16H2,1-2H3. The van der Waals surface area contributed by atoms with Crippen molar-refractivity contribution in [1.29, 1.82) is 0 Å². The van der Waals surface area contributed by atoms with Crippen LogP contribution < -0.4 is 5.32 Å². The number of hydrogen-bond donors (Lipinski definition) is 1. The van der Waals surface area contributed by atoms with E-state index in [0.29, 0.717) is 0 Å². The Morgan fingerprint density at radius 2 is 1.40 bits per heavy atom. The molecule has 4 aromatic rings. The van der Waals surface area contributed by atoms with Crippen molar-refractivity contribution >= 4 is 32.3 Å². The van der Waals surface area contributed by atoms with Gasteiger partial charge in [0.25, 0.3) is 0 Å². The molecule has 0 bridgehead atoms. The van der Waals surface area contributed by atoms with Crippen molar-refractivity contribution in [3.05, 3.63) is 60.2 Å². The summed E-state index contributed by atoms with van der Waals surface area (Å²) < 4.78 is 0. The summed E-state index contributed by atoms with van der Waals surface area (Å²) >= 11 is 0. The van der Waals surface area contributed by atoms with E-state index in [1.807, 2.05) is 0 Å². The summed E-state index contributed by atoms with van der Waals surface area (Å²) in [4.78, 5) is 2.46. The molecular weight excluding hydrogens is 304 g/mol. The maximum Gasteiger partial charge on any atom is 0.0212 e. The van der Waals surface area contributed by atoms with Gasteiger partial charge in [-0.1, -0.05) is 68.4 Å². The third-order valence-corrected chi connectivity index (χ3v) is 5.43. The minimum atomic E-state index is 0.926. The van der Waals surface area contributed by atoms with Gasteiger partial charge in [-0.15, -0.1) is 0 Å². The zero-order valence-corrected chi connectivity index (χ0v) is 15.2. The Morgan fingerprint density at radius 1 is 0.760 bits per heavy atom. The van der Waals surface area contributed by atoms with E-state index >= 15 is 0 Å². The molecule has 0 aromatic heterocycles. The van der Waals surface area contributed by atoms with Crippen LogP contribution in [0.15, 0.2) is 54.6 Å². The number of hydrogen-bond acceptors (Lipinski definition) is 2. The van der Waals surface area contributed by atoms with Crippen molar-refractivity contribution in [1.82, 2.24) is 10.2 Å². The fraction of sp³-hybridized carbons (Fsp3) is 0.304. The molecule has 0 aliphatic heterocycles.